The number of nitrogens with zero attached hydrogens (tertiary/aromatic N) is 1. The molecule has 0 aliphatic heterocycles. The highest BCUT2D eigenvalue weighted by Gasteiger charge is 1.94. The van der Waals surface area contributed by atoms with Crippen LogP contribution in [-0.2, 0) is 0 Å². The monoisotopic (exact) mass is 167 g/mol. The molecule has 68 valence electrons. The van der Waals surface area contributed by atoms with Gasteiger partial charge in [-0.2, -0.15) is 0 Å². The Hall–Kier alpha value is -1.25. The van der Waals surface area contributed by atoms with Gasteiger partial charge in [0.25, 0.3) is 0 Å². The first kappa shape index (κ1) is 10.8. The first-order valence-electron chi connectivity index (χ1n) is 4.11. The van der Waals surface area contributed by atoms with Crippen molar-refractivity contribution < 1.29 is 0 Å². The Morgan fingerprint density at radius 3 is 2.75 bits per heavy atom. The Kier molecular flexibility index (Phi) is 5.79. The lowest BCUT2D eigenvalue weighted by Gasteiger charge is -2.06. The van der Waals surface area contributed by atoms with E-state index in [0.717, 1.165) is 18.7 Å². The third-order valence-corrected chi connectivity index (χ3v) is 1.31. The topological polar surface area (TPSA) is 50.4 Å². The zero-order valence-electron chi connectivity index (χ0n) is 7.80. The van der Waals surface area contributed by atoms with Crippen LogP contribution < -0.4 is 11.1 Å². The highest BCUT2D eigenvalue weighted by molar-refractivity contribution is 5.55. The van der Waals surface area contributed by atoms with Crippen molar-refractivity contribution >= 4 is 6.21 Å². The zero-order chi connectivity index (χ0) is 9.40. The summed E-state index contributed by atoms with van der Waals surface area (Å²) in [5.41, 5.74) is 6.43. The number of nitrogens with two attached hydrogens (primary N) is 1. The molecule has 0 spiro atoms. The van der Waals surface area contributed by atoms with Crippen molar-refractivity contribution in [3.63, 3.8) is 0 Å². The molecule has 0 aromatic heterocycles. The van der Waals surface area contributed by atoms with Gasteiger partial charge in [0, 0.05) is 12.8 Å². The second-order valence-corrected chi connectivity index (χ2v) is 2.32. The van der Waals surface area contributed by atoms with Crippen LogP contribution in [0.25, 0.3) is 0 Å². The third-order valence-electron chi connectivity index (χ3n) is 1.31. The van der Waals surface area contributed by atoms with E-state index in [1.165, 1.54) is 0 Å². The molecule has 3 nitrogen and oxygen atoms in total. The van der Waals surface area contributed by atoms with Gasteiger partial charge in [0.1, 0.15) is 5.82 Å². The van der Waals surface area contributed by atoms with Gasteiger partial charge >= 0.3 is 0 Å². The minimum absolute atomic E-state index is 0.487. The first-order chi connectivity index (χ1) is 5.76. The maximum absolute atomic E-state index is 5.63. The van der Waals surface area contributed by atoms with Gasteiger partial charge in [-0.25, -0.2) is 4.99 Å². The van der Waals surface area contributed by atoms with E-state index in [4.69, 9.17) is 5.73 Å². The zero-order valence-corrected chi connectivity index (χ0v) is 7.80. The van der Waals surface area contributed by atoms with Gasteiger partial charge in [0.2, 0.25) is 0 Å². The van der Waals surface area contributed by atoms with Crippen LogP contribution in [0.2, 0.25) is 0 Å². The fraction of sp³-hybridized carbons (Fsp3) is 0.444. The summed E-state index contributed by atoms with van der Waals surface area (Å²) in [5, 5.41) is 3.13. The molecular weight excluding hydrogens is 150 g/mol. The molecule has 0 saturated carbocycles. The highest BCUT2D eigenvalue weighted by atomic mass is 15.0. The van der Waals surface area contributed by atoms with Crippen molar-refractivity contribution in [2.24, 2.45) is 10.7 Å². The lowest BCUT2D eigenvalue weighted by molar-refractivity contribution is 0.774. The Balaban J connectivity index is 4.28. The van der Waals surface area contributed by atoms with Gasteiger partial charge in [-0.15, -0.1) is 0 Å². The van der Waals surface area contributed by atoms with E-state index in [-0.39, 0.29) is 0 Å². The Morgan fingerprint density at radius 2 is 2.33 bits per heavy atom. The molecule has 0 fully saturated rings. The minimum Gasteiger partial charge on any atom is -0.382 e. The molecule has 3 heteroatoms. The van der Waals surface area contributed by atoms with Gasteiger partial charge in [0.15, 0.2) is 0 Å². The number of rotatable bonds is 5. The summed E-state index contributed by atoms with van der Waals surface area (Å²) in [6.07, 6.45) is 4.39. The van der Waals surface area contributed by atoms with Crippen LogP contribution in [0.5, 0.6) is 0 Å². The summed E-state index contributed by atoms with van der Waals surface area (Å²) in [6, 6.07) is 0. The fourth-order valence-corrected chi connectivity index (χ4v) is 0.736. The standard InChI is InChI=1S/C9H17N3/c1-4-7-12-8(5-2)9(10)11-6-3/h5-6,12H,2,4,7,10H2,1,3H3/b9-8+,11-6?. The van der Waals surface area contributed by atoms with Crippen LogP contribution in [0.15, 0.2) is 29.2 Å². The molecule has 0 unspecified atom stereocenters. The molecule has 0 heterocycles. The van der Waals surface area contributed by atoms with Gasteiger partial charge in [-0.05, 0) is 19.4 Å². The smallest absolute Gasteiger partial charge is 0.146 e. The van der Waals surface area contributed by atoms with Gasteiger partial charge in [0.05, 0.1) is 5.70 Å². The maximum Gasteiger partial charge on any atom is 0.146 e. The summed E-state index contributed by atoms with van der Waals surface area (Å²) >= 11 is 0. The van der Waals surface area contributed by atoms with Crippen molar-refractivity contribution in [2.45, 2.75) is 20.3 Å². The van der Waals surface area contributed by atoms with E-state index in [2.05, 4.69) is 23.8 Å². The summed E-state index contributed by atoms with van der Waals surface area (Å²) < 4.78 is 0. The van der Waals surface area contributed by atoms with Crippen LogP contribution >= 0.6 is 0 Å². The molecule has 0 aromatic rings. The molecule has 0 bridgehead atoms. The highest BCUT2D eigenvalue weighted by Crippen LogP contribution is 1.96. The summed E-state index contributed by atoms with van der Waals surface area (Å²) in [5.74, 6) is 0.487. The predicted molar refractivity (Wildman–Crippen MR) is 53.9 cm³/mol. The van der Waals surface area contributed by atoms with E-state index in [1.807, 2.05) is 6.92 Å². The first-order valence-corrected chi connectivity index (χ1v) is 4.11. The molecule has 0 radical (unpaired) electrons. The van der Waals surface area contributed by atoms with Gasteiger partial charge < -0.3 is 11.1 Å². The number of hydrogen-bond donors (Lipinski definition) is 2. The van der Waals surface area contributed by atoms with Gasteiger partial charge in [-0.3, -0.25) is 0 Å². The van der Waals surface area contributed by atoms with Crippen molar-refractivity contribution in [3.8, 4) is 0 Å². The summed E-state index contributed by atoms with van der Waals surface area (Å²) in [7, 11) is 0. The Morgan fingerprint density at radius 1 is 1.67 bits per heavy atom. The van der Waals surface area contributed by atoms with Crippen LogP contribution in [0.4, 0.5) is 0 Å². The number of hydrogen-bond acceptors (Lipinski definition) is 3. The van der Waals surface area contributed by atoms with Crippen molar-refractivity contribution in [2.75, 3.05) is 6.54 Å². The Bertz CT molecular complexity index is 192. The molecular formula is C9H17N3. The molecule has 0 amide bonds. The van der Waals surface area contributed by atoms with E-state index >= 15 is 0 Å². The largest absolute Gasteiger partial charge is 0.382 e. The van der Waals surface area contributed by atoms with Crippen molar-refractivity contribution in [3.05, 3.63) is 24.2 Å². The average Bonchev–Trinajstić information content (AvgIpc) is 2.06. The third kappa shape index (κ3) is 3.81. The minimum atomic E-state index is 0.487. The molecule has 0 aliphatic rings. The lowest BCUT2D eigenvalue weighted by atomic mass is 10.4. The Labute approximate surface area is 74.1 Å². The summed E-state index contributed by atoms with van der Waals surface area (Å²) in [6.45, 7) is 8.45. The maximum atomic E-state index is 5.63. The SMILES string of the molecule is C=C/C(NCCC)=C(/N)N=CC. The van der Waals surface area contributed by atoms with Crippen LogP contribution in [-0.4, -0.2) is 12.8 Å². The molecule has 3 N–H and O–H groups in total. The van der Waals surface area contributed by atoms with Crippen LogP contribution in [0, 0.1) is 0 Å². The van der Waals surface area contributed by atoms with Crippen LogP contribution in [0.3, 0.4) is 0 Å². The number of allylic oxidation sites excluding steroid dienone is 1. The number of aliphatic imine (C=N–C) groups is 1. The molecule has 0 aromatic carbocycles. The van der Waals surface area contributed by atoms with Crippen molar-refractivity contribution in [1.82, 2.24) is 5.32 Å². The summed E-state index contributed by atoms with van der Waals surface area (Å²) in [4.78, 5) is 3.95. The quantitative estimate of drug-likeness (QED) is 0.480. The van der Waals surface area contributed by atoms with Crippen LogP contribution in [0.1, 0.15) is 20.3 Å². The molecule has 12 heavy (non-hydrogen) atoms. The molecule has 0 atom stereocenters. The van der Waals surface area contributed by atoms with Crippen molar-refractivity contribution in [1.29, 1.82) is 0 Å². The van der Waals surface area contributed by atoms with Gasteiger partial charge in [-0.1, -0.05) is 13.5 Å². The fourth-order valence-electron chi connectivity index (χ4n) is 0.736. The molecule has 0 rings (SSSR count). The molecule has 0 aliphatic carbocycles. The number of nitrogens with one attached hydrogen (secondary N) is 1. The second kappa shape index (κ2) is 6.46. The van der Waals surface area contributed by atoms with E-state index in [9.17, 15) is 0 Å². The van der Waals surface area contributed by atoms with E-state index in [0.29, 0.717) is 5.82 Å². The molecule has 0 saturated heterocycles. The normalized spacial score (nSPS) is 12.8. The van der Waals surface area contributed by atoms with E-state index in [1.54, 1.807) is 12.3 Å². The second-order valence-electron chi connectivity index (χ2n) is 2.32. The average molecular weight is 167 g/mol. The predicted octanol–water partition coefficient (Wildman–Crippen LogP) is 1.39. The van der Waals surface area contributed by atoms with E-state index < -0.39 is 0 Å². The lowest BCUT2D eigenvalue weighted by Crippen LogP contribution is -2.17.